The van der Waals surface area contributed by atoms with Gasteiger partial charge in [0.25, 0.3) is 0 Å². The van der Waals surface area contributed by atoms with E-state index in [0.29, 0.717) is 19.1 Å². The first-order valence-electron chi connectivity index (χ1n) is 7.95. The van der Waals surface area contributed by atoms with E-state index in [1.165, 1.54) is 4.88 Å². The number of hydrogen-bond donors (Lipinski definition) is 3. The number of nitrogens with zero attached hydrogens (tertiary/aromatic N) is 1. The third-order valence-corrected chi connectivity index (χ3v) is 3.98. The van der Waals surface area contributed by atoms with Crippen LogP contribution in [-0.2, 0) is 11.3 Å². The molecule has 0 aromatic carbocycles. The fourth-order valence-corrected chi connectivity index (χ4v) is 2.77. The highest BCUT2D eigenvalue weighted by atomic mass is 127. The molecule has 0 bridgehead atoms. The van der Waals surface area contributed by atoms with Gasteiger partial charge in [0.1, 0.15) is 0 Å². The topological polar surface area (TPSA) is 74.8 Å². The van der Waals surface area contributed by atoms with Crippen LogP contribution in [0.25, 0.3) is 0 Å². The smallest absolute Gasteiger partial charge is 0.407 e. The Morgan fingerprint density at radius 2 is 2.12 bits per heavy atom. The van der Waals surface area contributed by atoms with E-state index in [1.54, 1.807) is 25.3 Å². The molecular formula is C16H29IN4O2S. The summed E-state index contributed by atoms with van der Waals surface area (Å²) in [4.78, 5) is 17.1. The minimum atomic E-state index is -0.374. The van der Waals surface area contributed by atoms with Crippen molar-refractivity contribution in [3.05, 3.63) is 22.4 Å². The Bertz CT molecular complexity index is 480. The Labute approximate surface area is 165 Å². The van der Waals surface area contributed by atoms with E-state index >= 15 is 0 Å². The number of alkyl carbamates (subject to hydrolysis) is 1. The van der Waals surface area contributed by atoms with Crippen LogP contribution in [0.5, 0.6) is 0 Å². The average molecular weight is 468 g/mol. The van der Waals surface area contributed by atoms with Gasteiger partial charge in [-0.1, -0.05) is 19.9 Å². The molecule has 0 saturated heterocycles. The van der Waals surface area contributed by atoms with E-state index in [0.717, 1.165) is 18.9 Å². The number of amides is 1. The van der Waals surface area contributed by atoms with Crippen molar-refractivity contribution in [1.82, 2.24) is 16.0 Å². The largest absolute Gasteiger partial charge is 0.450 e. The van der Waals surface area contributed by atoms with Crippen molar-refractivity contribution < 1.29 is 9.53 Å². The van der Waals surface area contributed by atoms with E-state index in [1.807, 2.05) is 6.07 Å². The van der Waals surface area contributed by atoms with Crippen LogP contribution in [0.2, 0.25) is 0 Å². The molecule has 0 aliphatic carbocycles. The molecule has 1 atom stereocenters. The molecule has 0 aliphatic heterocycles. The molecule has 1 amide bonds. The second-order valence-corrected chi connectivity index (χ2v) is 6.61. The van der Waals surface area contributed by atoms with Gasteiger partial charge >= 0.3 is 6.09 Å². The first-order valence-corrected chi connectivity index (χ1v) is 8.83. The number of thiophene rings is 1. The number of guanidine groups is 1. The Hall–Kier alpha value is -1.03. The van der Waals surface area contributed by atoms with E-state index in [9.17, 15) is 4.79 Å². The summed E-state index contributed by atoms with van der Waals surface area (Å²) in [5.41, 5.74) is 0. The van der Waals surface area contributed by atoms with Crippen LogP contribution in [0.3, 0.4) is 0 Å². The van der Waals surface area contributed by atoms with Crippen molar-refractivity contribution in [2.75, 3.05) is 20.2 Å². The van der Waals surface area contributed by atoms with Gasteiger partial charge in [0.2, 0.25) is 0 Å². The number of halogens is 1. The lowest BCUT2D eigenvalue weighted by Crippen LogP contribution is -2.47. The lowest BCUT2D eigenvalue weighted by Gasteiger charge is -2.22. The number of carbonyl (C=O) groups excluding carboxylic acids is 1. The summed E-state index contributed by atoms with van der Waals surface area (Å²) in [6, 6.07) is 4.10. The Kier molecular flexibility index (Phi) is 12.7. The summed E-state index contributed by atoms with van der Waals surface area (Å²) in [5.74, 6) is 1.20. The number of ether oxygens (including phenoxy) is 1. The minimum absolute atomic E-state index is 0. The lowest BCUT2D eigenvalue weighted by atomic mass is 10.0. The monoisotopic (exact) mass is 468 g/mol. The van der Waals surface area contributed by atoms with Gasteiger partial charge in [0, 0.05) is 24.5 Å². The van der Waals surface area contributed by atoms with Gasteiger partial charge in [-0.05, 0) is 30.7 Å². The van der Waals surface area contributed by atoms with Gasteiger partial charge in [-0.25, -0.2) is 4.79 Å². The number of rotatable bonds is 8. The zero-order chi connectivity index (χ0) is 17.1. The van der Waals surface area contributed by atoms with Crippen LogP contribution in [0.1, 0.15) is 32.1 Å². The average Bonchev–Trinajstić information content (AvgIpc) is 3.00. The number of nitrogens with one attached hydrogen (secondary N) is 3. The molecule has 1 aromatic heterocycles. The zero-order valence-corrected chi connectivity index (χ0v) is 17.9. The first-order chi connectivity index (χ1) is 11.0. The number of carbonyl (C=O) groups is 1. The highest BCUT2D eigenvalue weighted by molar-refractivity contribution is 14.0. The Morgan fingerprint density at radius 1 is 1.38 bits per heavy atom. The molecular weight excluding hydrogens is 439 g/mol. The SMILES string of the molecule is CCOC(=O)NC(CNC(=NC)NCc1cccs1)CC(C)C.I. The second kappa shape index (κ2) is 13.3. The van der Waals surface area contributed by atoms with Crippen LogP contribution in [0.4, 0.5) is 4.79 Å². The molecule has 1 aromatic rings. The maximum Gasteiger partial charge on any atom is 0.407 e. The summed E-state index contributed by atoms with van der Waals surface area (Å²) in [6.45, 7) is 7.76. The van der Waals surface area contributed by atoms with E-state index < -0.39 is 0 Å². The molecule has 3 N–H and O–H groups in total. The van der Waals surface area contributed by atoms with Crippen LogP contribution in [-0.4, -0.2) is 38.3 Å². The number of hydrogen-bond acceptors (Lipinski definition) is 4. The highest BCUT2D eigenvalue weighted by Crippen LogP contribution is 2.07. The molecule has 0 fully saturated rings. The lowest BCUT2D eigenvalue weighted by molar-refractivity contribution is 0.146. The molecule has 0 aliphatic rings. The molecule has 138 valence electrons. The molecule has 1 unspecified atom stereocenters. The molecule has 8 heteroatoms. The van der Waals surface area contributed by atoms with Gasteiger partial charge in [-0.3, -0.25) is 4.99 Å². The van der Waals surface area contributed by atoms with Gasteiger partial charge in [-0.15, -0.1) is 35.3 Å². The van der Waals surface area contributed by atoms with Crippen molar-refractivity contribution in [3.63, 3.8) is 0 Å². The molecule has 0 radical (unpaired) electrons. The van der Waals surface area contributed by atoms with Crippen LogP contribution < -0.4 is 16.0 Å². The zero-order valence-electron chi connectivity index (χ0n) is 14.8. The highest BCUT2D eigenvalue weighted by Gasteiger charge is 2.15. The van der Waals surface area contributed by atoms with Gasteiger partial charge in [0.15, 0.2) is 5.96 Å². The maximum atomic E-state index is 11.6. The molecule has 24 heavy (non-hydrogen) atoms. The van der Waals surface area contributed by atoms with Gasteiger partial charge < -0.3 is 20.7 Å². The molecule has 0 saturated carbocycles. The number of aliphatic imine (C=N–C) groups is 1. The van der Waals surface area contributed by atoms with Gasteiger partial charge in [0.05, 0.1) is 13.2 Å². The van der Waals surface area contributed by atoms with Crippen molar-refractivity contribution in [1.29, 1.82) is 0 Å². The van der Waals surface area contributed by atoms with Gasteiger partial charge in [-0.2, -0.15) is 0 Å². The van der Waals surface area contributed by atoms with Crippen molar-refractivity contribution >= 4 is 47.4 Å². The quantitative estimate of drug-likeness (QED) is 0.311. The molecule has 1 rings (SSSR count). The minimum Gasteiger partial charge on any atom is -0.450 e. The van der Waals surface area contributed by atoms with Crippen LogP contribution in [0.15, 0.2) is 22.5 Å². The van der Waals surface area contributed by atoms with Crippen molar-refractivity contribution in [2.45, 2.75) is 39.8 Å². The molecule has 0 spiro atoms. The predicted molar refractivity (Wildman–Crippen MR) is 111 cm³/mol. The van der Waals surface area contributed by atoms with Crippen molar-refractivity contribution in [2.24, 2.45) is 10.9 Å². The van der Waals surface area contributed by atoms with Crippen LogP contribution >= 0.6 is 35.3 Å². The summed E-state index contributed by atoms with van der Waals surface area (Å²) < 4.78 is 4.96. The van der Waals surface area contributed by atoms with Crippen LogP contribution in [0, 0.1) is 5.92 Å². The third-order valence-electron chi connectivity index (χ3n) is 3.10. The van der Waals surface area contributed by atoms with Crippen molar-refractivity contribution in [3.8, 4) is 0 Å². The van der Waals surface area contributed by atoms with E-state index in [-0.39, 0.29) is 36.1 Å². The summed E-state index contributed by atoms with van der Waals surface area (Å²) >= 11 is 1.70. The summed E-state index contributed by atoms with van der Waals surface area (Å²) in [5, 5.41) is 11.5. The summed E-state index contributed by atoms with van der Waals surface area (Å²) in [7, 11) is 1.74. The van der Waals surface area contributed by atoms with E-state index in [4.69, 9.17) is 4.74 Å². The Morgan fingerprint density at radius 3 is 2.67 bits per heavy atom. The fraction of sp³-hybridized carbons (Fsp3) is 0.625. The standard InChI is InChI=1S/C16H28N4O2S.HI/c1-5-22-16(21)20-13(9-12(2)3)10-18-15(17-4)19-11-14-7-6-8-23-14;/h6-8,12-13H,5,9-11H2,1-4H3,(H,20,21)(H2,17,18,19);1H. The molecule has 6 nitrogen and oxygen atoms in total. The molecule has 1 heterocycles. The third kappa shape index (κ3) is 9.96. The predicted octanol–water partition coefficient (Wildman–Crippen LogP) is 3.19. The summed E-state index contributed by atoms with van der Waals surface area (Å²) in [6.07, 6.45) is 0.495. The Balaban J connectivity index is 0.00000529. The first kappa shape index (κ1) is 23.0. The second-order valence-electron chi connectivity index (χ2n) is 5.58. The normalized spacial score (nSPS) is 12.3. The van der Waals surface area contributed by atoms with E-state index in [2.05, 4.69) is 46.2 Å². The fourth-order valence-electron chi connectivity index (χ4n) is 2.13. The maximum absolute atomic E-state index is 11.6.